The fourth-order valence-corrected chi connectivity index (χ4v) is 3.65. The standard InChI is InChI=1S/C21H15F3N2O5S/c22-13-8-10-14(11-9-13)32(29,30)26-18-7-2-1-4-15(18)21(28)31-12-19(27)25-20-16(23)5-3-6-17(20)24/h1-11,26H,12H2,(H,25,27). The molecule has 0 aliphatic rings. The third-order valence-corrected chi connectivity index (χ3v) is 5.46. The first-order valence-corrected chi connectivity index (χ1v) is 10.4. The average Bonchev–Trinajstić information content (AvgIpc) is 2.75. The Morgan fingerprint density at radius 1 is 0.844 bits per heavy atom. The first kappa shape index (κ1) is 22.8. The van der Waals surface area contributed by atoms with Gasteiger partial charge in [0, 0.05) is 0 Å². The lowest BCUT2D eigenvalue weighted by Crippen LogP contribution is -2.23. The van der Waals surface area contributed by atoms with Crippen molar-refractivity contribution in [2.75, 3.05) is 16.6 Å². The number of hydrogen-bond acceptors (Lipinski definition) is 5. The van der Waals surface area contributed by atoms with E-state index in [-0.39, 0.29) is 16.1 Å². The van der Waals surface area contributed by atoms with Crippen molar-refractivity contribution >= 4 is 33.3 Å². The fraction of sp³-hybridized carbons (Fsp3) is 0.0476. The lowest BCUT2D eigenvalue weighted by molar-refractivity contribution is -0.119. The first-order valence-electron chi connectivity index (χ1n) is 8.96. The molecular formula is C21H15F3N2O5S. The van der Waals surface area contributed by atoms with E-state index in [1.807, 2.05) is 5.32 Å². The largest absolute Gasteiger partial charge is 0.452 e. The molecule has 0 fully saturated rings. The van der Waals surface area contributed by atoms with Gasteiger partial charge in [-0.05, 0) is 48.5 Å². The zero-order valence-corrected chi connectivity index (χ0v) is 17.0. The van der Waals surface area contributed by atoms with Crippen LogP contribution in [0.1, 0.15) is 10.4 Å². The molecule has 0 saturated carbocycles. The summed E-state index contributed by atoms with van der Waals surface area (Å²) in [5.41, 5.74) is -1.06. The molecule has 0 spiro atoms. The maximum atomic E-state index is 13.6. The van der Waals surface area contributed by atoms with Crippen LogP contribution in [-0.2, 0) is 19.6 Å². The summed E-state index contributed by atoms with van der Waals surface area (Å²) in [6.07, 6.45) is 0. The number of halogens is 3. The number of sulfonamides is 1. The van der Waals surface area contributed by atoms with Gasteiger partial charge in [0.05, 0.1) is 16.1 Å². The fourth-order valence-electron chi connectivity index (χ4n) is 2.57. The van der Waals surface area contributed by atoms with E-state index < -0.39 is 51.6 Å². The number of para-hydroxylation sites is 2. The minimum absolute atomic E-state index is 0.151. The molecule has 0 aromatic heterocycles. The van der Waals surface area contributed by atoms with Crippen LogP contribution < -0.4 is 10.0 Å². The average molecular weight is 464 g/mol. The number of carbonyl (C=O) groups excluding carboxylic acids is 2. The molecule has 3 aromatic rings. The van der Waals surface area contributed by atoms with Crippen LogP contribution in [0.15, 0.2) is 71.6 Å². The van der Waals surface area contributed by atoms with Gasteiger partial charge in [-0.3, -0.25) is 9.52 Å². The number of amides is 1. The van der Waals surface area contributed by atoms with Crippen LogP contribution in [0.2, 0.25) is 0 Å². The zero-order valence-electron chi connectivity index (χ0n) is 16.1. The van der Waals surface area contributed by atoms with Gasteiger partial charge in [-0.15, -0.1) is 0 Å². The van der Waals surface area contributed by atoms with Gasteiger partial charge in [-0.1, -0.05) is 18.2 Å². The van der Waals surface area contributed by atoms with E-state index in [2.05, 4.69) is 4.72 Å². The molecule has 0 unspecified atom stereocenters. The van der Waals surface area contributed by atoms with E-state index in [1.165, 1.54) is 24.3 Å². The summed E-state index contributed by atoms with van der Waals surface area (Å²) in [4.78, 5) is 24.1. The molecule has 0 radical (unpaired) electrons. The maximum Gasteiger partial charge on any atom is 0.340 e. The van der Waals surface area contributed by atoms with Crippen molar-refractivity contribution < 1.29 is 35.9 Å². The molecule has 3 rings (SSSR count). The number of rotatable bonds is 7. The van der Waals surface area contributed by atoms with Crippen molar-refractivity contribution in [3.05, 3.63) is 89.7 Å². The molecule has 32 heavy (non-hydrogen) atoms. The van der Waals surface area contributed by atoms with E-state index >= 15 is 0 Å². The topological polar surface area (TPSA) is 102 Å². The van der Waals surface area contributed by atoms with Gasteiger partial charge in [0.15, 0.2) is 6.61 Å². The Bertz CT molecular complexity index is 1240. The van der Waals surface area contributed by atoms with Crippen LogP contribution >= 0.6 is 0 Å². The quantitative estimate of drug-likeness (QED) is 0.520. The molecular weight excluding hydrogens is 449 g/mol. The smallest absolute Gasteiger partial charge is 0.340 e. The third-order valence-electron chi connectivity index (χ3n) is 4.08. The summed E-state index contributed by atoms with van der Waals surface area (Å²) in [7, 11) is -4.15. The van der Waals surface area contributed by atoms with E-state index in [1.54, 1.807) is 0 Å². The van der Waals surface area contributed by atoms with Gasteiger partial charge in [-0.25, -0.2) is 26.4 Å². The maximum absolute atomic E-state index is 13.6. The predicted molar refractivity (Wildman–Crippen MR) is 109 cm³/mol. The van der Waals surface area contributed by atoms with Gasteiger partial charge in [0.2, 0.25) is 0 Å². The van der Waals surface area contributed by atoms with Gasteiger partial charge in [0.25, 0.3) is 15.9 Å². The SMILES string of the molecule is O=C(COC(=O)c1ccccc1NS(=O)(=O)c1ccc(F)cc1)Nc1c(F)cccc1F. The van der Waals surface area contributed by atoms with Gasteiger partial charge >= 0.3 is 5.97 Å². The second kappa shape index (κ2) is 9.52. The minimum atomic E-state index is -4.15. The Kier molecular flexibility index (Phi) is 6.79. The van der Waals surface area contributed by atoms with Gasteiger partial charge in [0.1, 0.15) is 23.1 Å². The number of nitrogens with one attached hydrogen (secondary N) is 2. The molecule has 7 nitrogen and oxygen atoms in total. The predicted octanol–water partition coefficient (Wildman–Crippen LogP) is 3.70. The zero-order chi connectivity index (χ0) is 23.3. The van der Waals surface area contributed by atoms with Crippen molar-refractivity contribution in [1.29, 1.82) is 0 Å². The second-order valence-corrected chi connectivity index (χ2v) is 8.01. The Balaban J connectivity index is 1.70. The molecule has 0 aliphatic heterocycles. The van der Waals surface area contributed by atoms with E-state index in [9.17, 15) is 31.2 Å². The monoisotopic (exact) mass is 464 g/mol. The molecule has 0 aliphatic carbocycles. The number of esters is 1. The van der Waals surface area contributed by atoms with Gasteiger partial charge < -0.3 is 10.1 Å². The lowest BCUT2D eigenvalue weighted by atomic mass is 10.2. The Labute approximate surface area is 180 Å². The molecule has 2 N–H and O–H groups in total. The normalized spacial score (nSPS) is 11.0. The molecule has 166 valence electrons. The number of anilines is 2. The Morgan fingerprint density at radius 2 is 1.47 bits per heavy atom. The van der Waals surface area contributed by atoms with Crippen molar-refractivity contribution in [3.8, 4) is 0 Å². The lowest BCUT2D eigenvalue weighted by Gasteiger charge is -2.12. The molecule has 1 amide bonds. The number of benzene rings is 3. The highest BCUT2D eigenvalue weighted by molar-refractivity contribution is 7.92. The number of ether oxygens (including phenoxy) is 1. The molecule has 3 aromatic carbocycles. The Hall–Kier alpha value is -3.86. The summed E-state index contributed by atoms with van der Waals surface area (Å²) in [6, 6.07) is 12.4. The van der Waals surface area contributed by atoms with Crippen molar-refractivity contribution in [2.24, 2.45) is 0 Å². The summed E-state index contributed by atoms with van der Waals surface area (Å²) < 4.78 is 72.3. The molecule has 11 heteroatoms. The summed E-state index contributed by atoms with van der Waals surface area (Å²) in [6.45, 7) is -0.883. The molecule has 0 bridgehead atoms. The highest BCUT2D eigenvalue weighted by Gasteiger charge is 2.20. The number of carbonyl (C=O) groups is 2. The molecule has 0 atom stereocenters. The van der Waals surface area contributed by atoms with Crippen molar-refractivity contribution in [2.45, 2.75) is 4.90 Å². The number of hydrogen-bond donors (Lipinski definition) is 2. The third kappa shape index (κ3) is 5.43. The van der Waals surface area contributed by atoms with E-state index in [0.717, 1.165) is 42.5 Å². The summed E-state index contributed by atoms with van der Waals surface area (Å²) in [5.74, 6) is -4.71. The van der Waals surface area contributed by atoms with Gasteiger partial charge in [-0.2, -0.15) is 0 Å². The minimum Gasteiger partial charge on any atom is -0.452 e. The van der Waals surface area contributed by atoms with Crippen LogP contribution in [0.4, 0.5) is 24.5 Å². The van der Waals surface area contributed by atoms with E-state index in [0.29, 0.717) is 0 Å². The molecule has 0 saturated heterocycles. The summed E-state index contributed by atoms with van der Waals surface area (Å²) in [5, 5.41) is 1.96. The van der Waals surface area contributed by atoms with Crippen molar-refractivity contribution in [3.63, 3.8) is 0 Å². The second-order valence-electron chi connectivity index (χ2n) is 6.33. The van der Waals surface area contributed by atoms with Crippen LogP contribution in [0.3, 0.4) is 0 Å². The van der Waals surface area contributed by atoms with Crippen LogP contribution in [0.25, 0.3) is 0 Å². The van der Waals surface area contributed by atoms with Crippen molar-refractivity contribution in [1.82, 2.24) is 0 Å². The first-order chi connectivity index (χ1) is 15.2. The van der Waals surface area contributed by atoms with E-state index in [4.69, 9.17) is 4.74 Å². The highest BCUT2D eigenvalue weighted by atomic mass is 32.2. The molecule has 0 heterocycles. The van der Waals surface area contributed by atoms with Crippen LogP contribution in [0.5, 0.6) is 0 Å². The Morgan fingerprint density at radius 3 is 2.12 bits per heavy atom. The summed E-state index contributed by atoms with van der Waals surface area (Å²) >= 11 is 0. The van der Waals surface area contributed by atoms with Crippen LogP contribution in [-0.4, -0.2) is 26.9 Å². The highest BCUT2D eigenvalue weighted by Crippen LogP contribution is 2.22. The van der Waals surface area contributed by atoms with Crippen LogP contribution in [0, 0.1) is 17.5 Å².